The molecule has 25 heavy (non-hydrogen) atoms. The first-order chi connectivity index (χ1) is 11.8. The molecule has 1 heterocycles. The van der Waals surface area contributed by atoms with E-state index in [4.69, 9.17) is 0 Å². The summed E-state index contributed by atoms with van der Waals surface area (Å²) in [5.74, 6) is -3.60. The lowest BCUT2D eigenvalue weighted by molar-refractivity contribution is -0.384. The molecule has 1 aromatic carbocycles. The van der Waals surface area contributed by atoms with Crippen molar-refractivity contribution in [3.8, 4) is 0 Å². The van der Waals surface area contributed by atoms with Gasteiger partial charge >= 0.3 is 11.9 Å². The molecule has 0 aromatic heterocycles. The molecule has 1 aliphatic heterocycles. The van der Waals surface area contributed by atoms with Gasteiger partial charge in [-0.2, -0.15) is 0 Å². The van der Waals surface area contributed by atoms with Crippen molar-refractivity contribution < 1.29 is 24.7 Å². The van der Waals surface area contributed by atoms with Crippen LogP contribution in [0.2, 0.25) is 0 Å². The number of hydrogen-bond acceptors (Lipinski definition) is 5. The van der Waals surface area contributed by atoms with E-state index in [1.807, 2.05) is 6.92 Å². The molecule has 1 aromatic rings. The van der Waals surface area contributed by atoms with E-state index in [2.05, 4.69) is 5.32 Å². The highest BCUT2D eigenvalue weighted by molar-refractivity contribution is 5.98. The normalized spacial score (nSPS) is 17.3. The van der Waals surface area contributed by atoms with Crippen molar-refractivity contribution in [2.45, 2.75) is 32.6 Å². The van der Waals surface area contributed by atoms with Gasteiger partial charge in [0.15, 0.2) is 0 Å². The van der Waals surface area contributed by atoms with E-state index >= 15 is 0 Å². The minimum atomic E-state index is -1.27. The Labute approximate surface area is 143 Å². The van der Waals surface area contributed by atoms with Crippen LogP contribution in [0.3, 0.4) is 0 Å². The van der Waals surface area contributed by atoms with E-state index in [9.17, 15) is 29.9 Å². The van der Waals surface area contributed by atoms with Crippen LogP contribution in [0, 0.1) is 10.1 Å². The van der Waals surface area contributed by atoms with Crippen molar-refractivity contribution in [2.75, 3.05) is 0 Å². The van der Waals surface area contributed by atoms with E-state index in [1.54, 1.807) is 6.92 Å². The molecule has 132 valence electrons. The molecule has 0 spiro atoms. The minimum absolute atomic E-state index is 0.0923. The molecule has 0 radical (unpaired) electrons. The van der Waals surface area contributed by atoms with E-state index in [-0.39, 0.29) is 22.4 Å². The van der Waals surface area contributed by atoms with E-state index in [0.29, 0.717) is 24.2 Å². The molecule has 0 aliphatic carbocycles. The number of rotatable bonds is 6. The molecule has 1 atom stereocenters. The molecular formula is C17H18N2O6. The first-order valence-corrected chi connectivity index (χ1v) is 7.69. The van der Waals surface area contributed by atoms with E-state index in [1.165, 1.54) is 24.3 Å². The van der Waals surface area contributed by atoms with Gasteiger partial charge in [0.1, 0.15) is 0 Å². The van der Waals surface area contributed by atoms with Crippen LogP contribution >= 0.6 is 0 Å². The molecule has 0 saturated heterocycles. The van der Waals surface area contributed by atoms with Crippen molar-refractivity contribution in [1.29, 1.82) is 0 Å². The fraction of sp³-hybridized carbons (Fsp3) is 0.294. The van der Waals surface area contributed by atoms with Crippen LogP contribution in [0.15, 0.2) is 46.8 Å². The monoisotopic (exact) mass is 346 g/mol. The molecule has 0 saturated carbocycles. The van der Waals surface area contributed by atoms with Gasteiger partial charge in [-0.05, 0) is 18.9 Å². The fourth-order valence-electron chi connectivity index (χ4n) is 3.03. The molecule has 0 fully saturated rings. The lowest BCUT2D eigenvalue weighted by Crippen LogP contribution is -2.32. The topological polar surface area (TPSA) is 130 Å². The van der Waals surface area contributed by atoms with Crippen LogP contribution in [-0.2, 0) is 9.59 Å². The molecule has 8 heteroatoms. The molecule has 1 aliphatic rings. The molecule has 8 nitrogen and oxygen atoms in total. The highest BCUT2D eigenvalue weighted by Crippen LogP contribution is 2.40. The lowest BCUT2D eigenvalue weighted by Gasteiger charge is -2.30. The Morgan fingerprint density at radius 1 is 1.24 bits per heavy atom. The van der Waals surface area contributed by atoms with Crippen LogP contribution in [0.25, 0.3) is 0 Å². The Hall–Kier alpha value is -3.16. The SMILES string of the molecule is CCCC1=C(C(=O)O)C(c2cccc([N+](=O)[O-])c2)C(C(=O)O)=C(C)N1. The number of allylic oxidation sites excluding steroid dienone is 2. The zero-order valence-electron chi connectivity index (χ0n) is 13.8. The van der Waals surface area contributed by atoms with E-state index < -0.39 is 22.8 Å². The summed E-state index contributed by atoms with van der Waals surface area (Å²) < 4.78 is 0. The summed E-state index contributed by atoms with van der Waals surface area (Å²) in [4.78, 5) is 34.1. The second kappa shape index (κ2) is 7.16. The first-order valence-electron chi connectivity index (χ1n) is 7.69. The Bertz CT molecular complexity index is 809. The summed E-state index contributed by atoms with van der Waals surface area (Å²) >= 11 is 0. The average molecular weight is 346 g/mol. The van der Waals surface area contributed by atoms with Gasteiger partial charge in [0, 0.05) is 23.5 Å². The zero-order chi connectivity index (χ0) is 18.7. The summed E-state index contributed by atoms with van der Waals surface area (Å²) in [5, 5.41) is 33.2. The third-order valence-electron chi connectivity index (χ3n) is 4.02. The van der Waals surface area contributed by atoms with Gasteiger partial charge in [0.25, 0.3) is 5.69 Å². The molecule has 3 N–H and O–H groups in total. The largest absolute Gasteiger partial charge is 0.478 e. The highest BCUT2D eigenvalue weighted by atomic mass is 16.6. The van der Waals surface area contributed by atoms with Crippen LogP contribution in [0.1, 0.15) is 38.2 Å². The molecule has 1 unspecified atom stereocenters. The summed E-state index contributed by atoms with van der Waals surface area (Å²) in [6.45, 7) is 3.43. The Kier molecular flexibility index (Phi) is 5.21. The van der Waals surface area contributed by atoms with Gasteiger partial charge in [-0.1, -0.05) is 25.5 Å². The zero-order valence-corrected chi connectivity index (χ0v) is 13.8. The number of benzene rings is 1. The highest BCUT2D eigenvalue weighted by Gasteiger charge is 2.37. The number of nitro benzene ring substituents is 1. The van der Waals surface area contributed by atoms with Crippen molar-refractivity contribution in [1.82, 2.24) is 5.32 Å². The van der Waals surface area contributed by atoms with E-state index in [0.717, 1.165) is 0 Å². The quantitative estimate of drug-likeness (QED) is 0.533. The Balaban J connectivity index is 2.74. The van der Waals surface area contributed by atoms with Crippen LogP contribution < -0.4 is 5.32 Å². The summed E-state index contributed by atoms with van der Waals surface area (Å²) in [6, 6.07) is 5.42. The van der Waals surface area contributed by atoms with Crippen LogP contribution in [-0.4, -0.2) is 27.1 Å². The van der Waals surface area contributed by atoms with Gasteiger partial charge in [0.2, 0.25) is 0 Å². The van der Waals surface area contributed by atoms with Crippen molar-refractivity contribution in [3.05, 3.63) is 62.5 Å². The second-order valence-corrected chi connectivity index (χ2v) is 5.70. The number of aliphatic carboxylic acids is 2. The van der Waals surface area contributed by atoms with Gasteiger partial charge in [-0.25, -0.2) is 9.59 Å². The van der Waals surface area contributed by atoms with Crippen molar-refractivity contribution >= 4 is 17.6 Å². The van der Waals surface area contributed by atoms with Crippen LogP contribution in [0.4, 0.5) is 5.69 Å². The lowest BCUT2D eigenvalue weighted by atomic mass is 9.79. The maximum atomic E-state index is 11.9. The first kappa shape index (κ1) is 18.2. The predicted molar refractivity (Wildman–Crippen MR) is 88.9 cm³/mol. The number of non-ortho nitro benzene ring substituents is 1. The number of nitrogens with one attached hydrogen (secondary N) is 1. The third-order valence-corrected chi connectivity index (χ3v) is 4.02. The standard InChI is InChI=1S/C17H18N2O6/c1-3-5-12-15(17(22)23)14(13(16(20)21)9(2)18-12)10-6-4-7-11(8-10)19(24)25/h4,6-8,14,18H,3,5H2,1-2H3,(H,20,21)(H,22,23). The van der Waals surface area contributed by atoms with Gasteiger partial charge in [-0.15, -0.1) is 0 Å². The Morgan fingerprint density at radius 3 is 2.40 bits per heavy atom. The number of dihydropyridines is 1. The fourth-order valence-corrected chi connectivity index (χ4v) is 3.03. The second-order valence-electron chi connectivity index (χ2n) is 5.70. The maximum Gasteiger partial charge on any atom is 0.334 e. The number of hydrogen-bond donors (Lipinski definition) is 3. The third kappa shape index (κ3) is 3.52. The smallest absolute Gasteiger partial charge is 0.334 e. The van der Waals surface area contributed by atoms with Crippen molar-refractivity contribution in [3.63, 3.8) is 0 Å². The van der Waals surface area contributed by atoms with Crippen LogP contribution in [0.5, 0.6) is 0 Å². The minimum Gasteiger partial charge on any atom is -0.478 e. The summed E-state index contributed by atoms with van der Waals surface area (Å²) in [6.07, 6.45) is 1.09. The summed E-state index contributed by atoms with van der Waals surface area (Å²) in [5.41, 5.74) is 0.577. The molecule has 0 bridgehead atoms. The maximum absolute atomic E-state index is 11.9. The number of carboxylic acids is 2. The number of carboxylic acid groups (broad SMARTS) is 2. The number of carbonyl (C=O) groups is 2. The average Bonchev–Trinajstić information content (AvgIpc) is 2.53. The number of nitro groups is 1. The molecule has 0 amide bonds. The molecule has 2 rings (SSSR count). The Morgan fingerprint density at radius 2 is 1.88 bits per heavy atom. The predicted octanol–water partition coefficient (Wildman–Crippen LogP) is 2.78. The summed E-state index contributed by atoms with van der Waals surface area (Å²) in [7, 11) is 0. The number of nitrogens with zero attached hydrogens (tertiary/aromatic N) is 1. The van der Waals surface area contributed by atoms with Gasteiger partial charge in [-0.3, -0.25) is 10.1 Å². The van der Waals surface area contributed by atoms with Gasteiger partial charge < -0.3 is 15.5 Å². The van der Waals surface area contributed by atoms with Gasteiger partial charge in [0.05, 0.1) is 22.0 Å². The van der Waals surface area contributed by atoms with Crippen molar-refractivity contribution in [2.24, 2.45) is 0 Å². The molecular weight excluding hydrogens is 328 g/mol.